The highest BCUT2D eigenvalue weighted by molar-refractivity contribution is 7.18. The van der Waals surface area contributed by atoms with Crippen molar-refractivity contribution in [3.8, 4) is 0 Å². The van der Waals surface area contributed by atoms with E-state index < -0.39 is 4.92 Å². The Morgan fingerprint density at radius 3 is 2.81 bits per heavy atom. The van der Waals surface area contributed by atoms with E-state index in [1.807, 2.05) is 0 Å². The second kappa shape index (κ2) is 4.34. The third-order valence-electron chi connectivity index (χ3n) is 2.91. The molecule has 0 aliphatic heterocycles. The van der Waals surface area contributed by atoms with Crippen molar-refractivity contribution >= 4 is 21.5 Å². The Bertz CT molecular complexity index is 387. The number of rotatable bonds is 4. The van der Waals surface area contributed by atoms with Crippen LogP contribution in [-0.2, 0) is 0 Å². The lowest BCUT2D eigenvalue weighted by atomic mass is 10.00. The maximum atomic E-state index is 10.5. The molecule has 0 atom stereocenters. The second-order valence-corrected chi connectivity index (χ2v) is 5.04. The molecule has 1 fully saturated rings. The number of aliphatic hydroxyl groups excluding tert-OH is 1. The highest BCUT2D eigenvalue weighted by Crippen LogP contribution is 2.35. The van der Waals surface area contributed by atoms with Gasteiger partial charge < -0.3 is 10.4 Å². The zero-order valence-corrected chi connectivity index (χ0v) is 9.50. The average Bonchev–Trinajstić information content (AvgIpc) is 2.88. The molecule has 7 heteroatoms. The Morgan fingerprint density at radius 2 is 2.31 bits per heavy atom. The summed E-state index contributed by atoms with van der Waals surface area (Å²) in [4.78, 5) is 14.0. The first-order valence-corrected chi connectivity index (χ1v) is 5.96. The van der Waals surface area contributed by atoms with Crippen LogP contribution in [0.25, 0.3) is 0 Å². The molecule has 2 N–H and O–H groups in total. The lowest BCUT2D eigenvalue weighted by Crippen LogP contribution is -2.38. The summed E-state index contributed by atoms with van der Waals surface area (Å²) in [5.41, 5.74) is -0.328. The molecule has 1 aliphatic carbocycles. The van der Waals surface area contributed by atoms with Crippen molar-refractivity contribution in [2.24, 2.45) is 0 Å². The Hall–Kier alpha value is -1.21. The number of aliphatic hydroxyl groups is 1. The summed E-state index contributed by atoms with van der Waals surface area (Å²) in [7, 11) is 0. The maximum absolute atomic E-state index is 10.5. The van der Waals surface area contributed by atoms with Crippen LogP contribution in [0.5, 0.6) is 0 Å². The second-order valence-electron chi connectivity index (χ2n) is 4.03. The van der Waals surface area contributed by atoms with Crippen LogP contribution in [0.4, 0.5) is 10.1 Å². The van der Waals surface area contributed by atoms with Crippen LogP contribution in [0.2, 0.25) is 0 Å². The van der Waals surface area contributed by atoms with E-state index in [2.05, 4.69) is 10.3 Å². The third-order valence-corrected chi connectivity index (χ3v) is 3.77. The first kappa shape index (κ1) is 11.3. The molecule has 2 rings (SSSR count). The third kappa shape index (κ3) is 2.14. The molecular formula is C9H13N3O3S. The first-order valence-electron chi connectivity index (χ1n) is 5.14. The molecule has 1 aromatic heterocycles. The average molecular weight is 243 g/mol. The van der Waals surface area contributed by atoms with E-state index in [1.54, 1.807) is 0 Å². The minimum Gasteiger partial charge on any atom is -0.394 e. The lowest BCUT2D eigenvalue weighted by molar-refractivity contribution is -0.380. The molecule has 1 heterocycles. The summed E-state index contributed by atoms with van der Waals surface area (Å²) in [5, 5.41) is 23.5. The van der Waals surface area contributed by atoms with Crippen LogP contribution >= 0.6 is 11.3 Å². The van der Waals surface area contributed by atoms with Crippen LogP contribution in [0.1, 0.15) is 25.7 Å². The van der Waals surface area contributed by atoms with Gasteiger partial charge in [0.2, 0.25) is 0 Å². The number of nitrogens with one attached hydrogen (secondary N) is 1. The molecule has 0 amide bonds. The van der Waals surface area contributed by atoms with Gasteiger partial charge >= 0.3 is 5.00 Å². The van der Waals surface area contributed by atoms with Crippen molar-refractivity contribution in [3.05, 3.63) is 16.3 Å². The molecule has 0 bridgehead atoms. The van der Waals surface area contributed by atoms with Crippen molar-refractivity contribution in [1.29, 1.82) is 0 Å². The summed E-state index contributed by atoms with van der Waals surface area (Å²) in [5.74, 6) is 0. The zero-order chi connectivity index (χ0) is 11.6. The van der Waals surface area contributed by atoms with Crippen molar-refractivity contribution in [2.45, 2.75) is 31.2 Å². The fourth-order valence-electron chi connectivity index (χ4n) is 2.01. The van der Waals surface area contributed by atoms with Crippen LogP contribution in [0.3, 0.4) is 0 Å². The quantitative estimate of drug-likeness (QED) is 0.621. The van der Waals surface area contributed by atoms with E-state index in [0.717, 1.165) is 37.0 Å². The highest BCUT2D eigenvalue weighted by Gasteiger charge is 2.34. The van der Waals surface area contributed by atoms with Gasteiger partial charge in [-0.1, -0.05) is 12.8 Å². The lowest BCUT2D eigenvalue weighted by Gasteiger charge is -2.27. The monoisotopic (exact) mass is 243 g/mol. The van der Waals surface area contributed by atoms with Crippen LogP contribution in [-0.4, -0.2) is 27.2 Å². The zero-order valence-electron chi connectivity index (χ0n) is 8.68. The molecular weight excluding hydrogens is 230 g/mol. The van der Waals surface area contributed by atoms with Gasteiger partial charge in [0.15, 0.2) is 5.13 Å². The molecule has 88 valence electrons. The Labute approximate surface area is 96.5 Å². The Balaban J connectivity index is 2.10. The van der Waals surface area contributed by atoms with Crippen molar-refractivity contribution < 1.29 is 10.0 Å². The SMILES string of the molecule is O=[N+]([O-])c1cnc(NC2(CO)CCCC2)s1. The van der Waals surface area contributed by atoms with Crippen molar-refractivity contribution in [3.63, 3.8) is 0 Å². The summed E-state index contributed by atoms with van der Waals surface area (Å²) in [6.07, 6.45) is 5.16. The van der Waals surface area contributed by atoms with E-state index >= 15 is 0 Å². The van der Waals surface area contributed by atoms with Gasteiger partial charge in [0.25, 0.3) is 0 Å². The molecule has 0 saturated heterocycles. The van der Waals surface area contributed by atoms with E-state index in [4.69, 9.17) is 0 Å². The molecule has 16 heavy (non-hydrogen) atoms. The normalized spacial score (nSPS) is 18.6. The van der Waals surface area contributed by atoms with Crippen LogP contribution < -0.4 is 5.32 Å². The Morgan fingerprint density at radius 1 is 1.62 bits per heavy atom. The van der Waals surface area contributed by atoms with Gasteiger partial charge in [0, 0.05) is 0 Å². The number of thiazole rings is 1. The fraction of sp³-hybridized carbons (Fsp3) is 0.667. The van der Waals surface area contributed by atoms with Gasteiger partial charge in [0.1, 0.15) is 6.20 Å². The number of hydrogen-bond acceptors (Lipinski definition) is 6. The van der Waals surface area contributed by atoms with Gasteiger partial charge in [-0.2, -0.15) is 0 Å². The smallest absolute Gasteiger partial charge is 0.345 e. The van der Waals surface area contributed by atoms with E-state index in [-0.39, 0.29) is 17.1 Å². The summed E-state index contributed by atoms with van der Waals surface area (Å²) >= 11 is 1.01. The van der Waals surface area contributed by atoms with Gasteiger partial charge in [-0.15, -0.1) is 0 Å². The van der Waals surface area contributed by atoms with E-state index in [1.165, 1.54) is 6.20 Å². The predicted molar refractivity (Wildman–Crippen MR) is 60.7 cm³/mol. The Kier molecular flexibility index (Phi) is 3.06. The summed E-state index contributed by atoms with van der Waals surface area (Å²) in [6, 6.07) is 0. The molecule has 1 aliphatic rings. The van der Waals surface area contributed by atoms with Gasteiger partial charge in [0.05, 0.1) is 17.1 Å². The number of aromatic nitrogens is 1. The van der Waals surface area contributed by atoms with E-state index in [9.17, 15) is 15.2 Å². The molecule has 1 saturated carbocycles. The first-order chi connectivity index (χ1) is 7.65. The number of anilines is 1. The summed E-state index contributed by atoms with van der Waals surface area (Å²) in [6.45, 7) is 0.0420. The fourth-order valence-corrected chi connectivity index (χ4v) is 2.76. The number of nitro groups is 1. The van der Waals surface area contributed by atoms with Crippen molar-refractivity contribution in [2.75, 3.05) is 11.9 Å². The van der Waals surface area contributed by atoms with E-state index in [0.29, 0.717) is 5.13 Å². The molecule has 0 radical (unpaired) electrons. The molecule has 0 unspecified atom stereocenters. The largest absolute Gasteiger partial charge is 0.394 e. The molecule has 0 aromatic carbocycles. The van der Waals surface area contributed by atoms with Gasteiger partial charge in [-0.25, -0.2) is 4.98 Å². The minimum absolute atomic E-state index is 0.0218. The highest BCUT2D eigenvalue weighted by atomic mass is 32.1. The standard InChI is InChI=1S/C9H13N3O3S/c13-6-9(3-1-2-4-9)11-8-10-5-7(16-8)12(14)15/h5,13H,1-4,6H2,(H,10,11). The van der Waals surface area contributed by atoms with Crippen molar-refractivity contribution in [1.82, 2.24) is 4.98 Å². The predicted octanol–water partition coefficient (Wildman–Crippen LogP) is 1.77. The number of nitrogens with zero attached hydrogens (tertiary/aromatic N) is 2. The number of hydrogen-bond donors (Lipinski definition) is 2. The van der Waals surface area contributed by atoms with Gasteiger partial charge in [-0.3, -0.25) is 10.1 Å². The molecule has 1 aromatic rings. The topological polar surface area (TPSA) is 88.3 Å². The maximum Gasteiger partial charge on any atom is 0.345 e. The van der Waals surface area contributed by atoms with Crippen LogP contribution in [0.15, 0.2) is 6.20 Å². The molecule has 6 nitrogen and oxygen atoms in total. The molecule has 0 spiro atoms. The van der Waals surface area contributed by atoms with Crippen LogP contribution in [0, 0.1) is 10.1 Å². The minimum atomic E-state index is -0.455. The summed E-state index contributed by atoms with van der Waals surface area (Å²) < 4.78 is 0. The van der Waals surface area contributed by atoms with Gasteiger partial charge in [-0.05, 0) is 24.2 Å².